The van der Waals surface area contributed by atoms with E-state index in [4.69, 9.17) is 0 Å². The van der Waals surface area contributed by atoms with Crippen LogP contribution in [0.25, 0.3) is 0 Å². The van der Waals surface area contributed by atoms with Crippen molar-refractivity contribution in [1.29, 1.82) is 0 Å². The predicted molar refractivity (Wildman–Crippen MR) is 65.8 cm³/mol. The molecule has 0 aliphatic carbocycles. The maximum absolute atomic E-state index is 11.2. The molecule has 17 heavy (non-hydrogen) atoms. The number of nitrogens with zero attached hydrogens (tertiary/aromatic N) is 1. The molecule has 1 aliphatic rings. The number of hydrogen-bond donors (Lipinski definition) is 1. The zero-order valence-electron chi connectivity index (χ0n) is 9.50. The van der Waals surface area contributed by atoms with Crippen molar-refractivity contribution in [2.24, 2.45) is 0 Å². The third kappa shape index (κ3) is 3.67. The molecule has 0 aromatic carbocycles. The molecule has 0 radical (unpaired) electrons. The van der Waals surface area contributed by atoms with E-state index >= 15 is 0 Å². The Kier molecular flexibility index (Phi) is 3.63. The zero-order chi connectivity index (χ0) is 12.3. The van der Waals surface area contributed by atoms with E-state index in [0.29, 0.717) is 18.7 Å². The molecule has 94 valence electrons. The van der Waals surface area contributed by atoms with Gasteiger partial charge in [0.15, 0.2) is 15.3 Å². The minimum atomic E-state index is -2.81. The van der Waals surface area contributed by atoms with Gasteiger partial charge in [-0.05, 0) is 6.42 Å². The maximum Gasteiger partial charge on any atom is 0.181 e. The van der Waals surface area contributed by atoms with Crippen LogP contribution in [-0.4, -0.2) is 37.1 Å². The van der Waals surface area contributed by atoms with Crippen LogP contribution in [-0.2, 0) is 16.4 Å². The van der Waals surface area contributed by atoms with Crippen molar-refractivity contribution >= 4 is 9.84 Å². The number of hydrogen-bond acceptors (Lipinski definition) is 4. The van der Waals surface area contributed by atoms with Gasteiger partial charge in [0.05, 0.1) is 11.5 Å². The SMILES string of the molecule is O=c1ccn(CCNC2CCS(=O)(=O)C2)cc1. The van der Waals surface area contributed by atoms with E-state index in [0.717, 1.165) is 6.54 Å². The minimum absolute atomic E-state index is 0.00362. The monoisotopic (exact) mass is 256 g/mol. The number of rotatable bonds is 4. The van der Waals surface area contributed by atoms with Gasteiger partial charge in [0.1, 0.15) is 0 Å². The maximum atomic E-state index is 11.2. The van der Waals surface area contributed by atoms with Crippen LogP contribution in [0.15, 0.2) is 29.3 Å². The summed E-state index contributed by atoms with van der Waals surface area (Å²) >= 11 is 0. The molecule has 1 unspecified atom stereocenters. The summed E-state index contributed by atoms with van der Waals surface area (Å²) < 4.78 is 24.4. The highest BCUT2D eigenvalue weighted by Crippen LogP contribution is 2.10. The van der Waals surface area contributed by atoms with Crippen LogP contribution in [0.4, 0.5) is 0 Å². The molecule has 1 N–H and O–H groups in total. The molecular formula is C11H16N2O3S. The van der Waals surface area contributed by atoms with Crippen LogP contribution in [0.2, 0.25) is 0 Å². The van der Waals surface area contributed by atoms with Gasteiger partial charge >= 0.3 is 0 Å². The highest BCUT2D eigenvalue weighted by molar-refractivity contribution is 7.91. The summed E-state index contributed by atoms with van der Waals surface area (Å²) in [6, 6.07) is 3.11. The van der Waals surface area contributed by atoms with Crippen molar-refractivity contribution in [3.63, 3.8) is 0 Å². The molecule has 0 bridgehead atoms. The first-order valence-electron chi connectivity index (χ1n) is 5.65. The Morgan fingerprint density at radius 1 is 1.35 bits per heavy atom. The molecule has 1 aliphatic heterocycles. The van der Waals surface area contributed by atoms with Crippen LogP contribution in [0.1, 0.15) is 6.42 Å². The lowest BCUT2D eigenvalue weighted by Crippen LogP contribution is -2.32. The number of aromatic nitrogens is 1. The molecule has 2 heterocycles. The number of pyridine rings is 1. The molecule has 1 atom stereocenters. The van der Waals surface area contributed by atoms with Crippen molar-refractivity contribution in [1.82, 2.24) is 9.88 Å². The third-order valence-corrected chi connectivity index (χ3v) is 4.66. The predicted octanol–water partition coefficient (Wildman–Crippen LogP) is -0.375. The molecule has 1 saturated heterocycles. The van der Waals surface area contributed by atoms with Gasteiger partial charge in [0.25, 0.3) is 0 Å². The van der Waals surface area contributed by atoms with Crippen LogP contribution >= 0.6 is 0 Å². The Morgan fingerprint density at radius 3 is 2.65 bits per heavy atom. The van der Waals surface area contributed by atoms with Gasteiger partial charge in [-0.2, -0.15) is 0 Å². The topological polar surface area (TPSA) is 68.2 Å². The van der Waals surface area contributed by atoms with Crippen molar-refractivity contribution in [2.75, 3.05) is 18.1 Å². The van der Waals surface area contributed by atoms with Gasteiger partial charge in [0.2, 0.25) is 0 Å². The molecule has 0 spiro atoms. The average molecular weight is 256 g/mol. The minimum Gasteiger partial charge on any atom is -0.353 e. The molecule has 6 heteroatoms. The zero-order valence-corrected chi connectivity index (χ0v) is 10.3. The van der Waals surface area contributed by atoms with E-state index in [2.05, 4.69) is 5.32 Å². The van der Waals surface area contributed by atoms with Gasteiger partial charge in [-0.15, -0.1) is 0 Å². The quantitative estimate of drug-likeness (QED) is 0.798. The summed E-state index contributed by atoms with van der Waals surface area (Å²) in [5, 5.41) is 3.22. The molecule has 1 fully saturated rings. The summed E-state index contributed by atoms with van der Waals surface area (Å²) in [5.74, 6) is 0.542. The summed E-state index contributed by atoms with van der Waals surface area (Å²) in [6.45, 7) is 1.44. The Balaban J connectivity index is 1.77. The molecule has 1 aromatic heterocycles. The Labute approximate surface area is 100 Å². The van der Waals surface area contributed by atoms with Gasteiger partial charge < -0.3 is 9.88 Å². The van der Waals surface area contributed by atoms with Gasteiger partial charge in [-0.1, -0.05) is 0 Å². The standard InChI is InChI=1S/C11H16N2O3S/c14-11-1-5-13(6-2-11)7-4-12-10-3-8-17(15,16)9-10/h1-2,5-6,10,12H,3-4,7-9H2. The Hall–Kier alpha value is -1.14. The fourth-order valence-corrected chi connectivity index (χ4v) is 3.65. The largest absolute Gasteiger partial charge is 0.353 e. The average Bonchev–Trinajstić information content (AvgIpc) is 2.61. The fraction of sp³-hybridized carbons (Fsp3) is 0.545. The lowest BCUT2D eigenvalue weighted by Gasteiger charge is -2.11. The highest BCUT2D eigenvalue weighted by atomic mass is 32.2. The van der Waals surface area contributed by atoms with Crippen molar-refractivity contribution in [3.8, 4) is 0 Å². The smallest absolute Gasteiger partial charge is 0.181 e. The molecule has 0 saturated carbocycles. The lowest BCUT2D eigenvalue weighted by atomic mass is 10.2. The third-order valence-electron chi connectivity index (χ3n) is 2.90. The van der Waals surface area contributed by atoms with Crippen molar-refractivity contribution < 1.29 is 8.42 Å². The van der Waals surface area contributed by atoms with E-state index < -0.39 is 9.84 Å². The number of sulfone groups is 1. The fourth-order valence-electron chi connectivity index (χ4n) is 1.95. The second-order valence-corrected chi connectivity index (χ2v) is 6.55. The van der Waals surface area contributed by atoms with Gasteiger partial charge in [-0.3, -0.25) is 4.79 Å². The molecule has 2 rings (SSSR count). The van der Waals surface area contributed by atoms with E-state index in [9.17, 15) is 13.2 Å². The first-order chi connectivity index (χ1) is 8.05. The van der Waals surface area contributed by atoms with Gasteiger partial charge in [-0.25, -0.2) is 8.42 Å². The van der Waals surface area contributed by atoms with Crippen molar-refractivity contribution in [2.45, 2.75) is 19.0 Å². The Morgan fingerprint density at radius 2 is 2.06 bits per heavy atom. The van der Waals surface area contributed by atoms with E-state index in [-0.39, 0.29) is 17.2 Å². The summed E-state index contributed by atoms with van der Waals surface area (Å²) in [7, 11) is -2.81. The van der Waals surface area contributed by atoms with E-state index in [1.54, 1.807) is 12.4 Å². The molecular weight excluding hydrogens is 240 g/mol. The number of nitrogens with one attached hydrogen (secondary N) is 1. The second kappa shape index (κ2) is 5.01. The molecule has 5 nitrogen and oxygen atoms in total. The molecule has 1 aromatic rings. The lowest BCUT2D eigenvalue weighted by molar-refractivity contribution is 0.518. The van der Waals surface area contributed by atoms with Crippen molar-refractivity contribution in [3.05, 3.63) is 34.7 Å². The Bertz CT molecular complexity index is 515. The first-order valence-corrected chi connectivity index (χ1v) is 7.47. The van der Waals surface area contributed by atoms with Gasteiger partial charge in [0, 0.05) is 43.7 Å². The van der Waals surface area contributed by atoms with E-state index in [1.165, 1.54) is 12.1 Å². The highest BCUT2D eigenvalue weighted by Gasteiger charge is 2.26. The van der Waals surface area contributed by atoms with Crippen LogP contribution in [0.3, 0.4) is 0 Å². The summed E-state index contributed by atoms with van der Waals surface area (Å²) in [5.41, 5.74) is -0.00362. The van der Waals surface area contributed by atoms with Crippen LogP contribution < -0.4 is 10.7 Å². The van der Waals surface area contributed by atoms with E-state index in [1.807, 2.05) is 4.57 Å². The summed E-state index contributed by atoms with van der Waals surface area (Å²) in [6.07, 6.45) is 4.16. The second-order valence-electron chi connectivity index (χ2n) is 4.33. The molecule has 0 amide bonds. The van der Waals surface area contributed by atoms with Crippen LogP contribution in [0.5, 0.6) is 0 Å². The normalized spacial score (nSPS) is 22.7. The van der Waals surface area contributed by atoms with Crippen LogP contribution in [0, 0.1) is 0 Å². The first kappa shape index (κ1) is 12.3. The summed E-state index contributed by atoms with van der Waals surface area (Å²) in [4.78, 5) is 10.9.